The fraction of sp³-hybridized carbons (Fsp3) is 0.961. The van der Waals surface area contributed by atoms with Gasteiger partial charge in [0, 0.05) is 12.8 Å². The van der Waals surface area contributed by atoms with Gasteiger partial charge >= 0.3 is 17.9 Å². The van der Waals surface area contributed by atoms with E-state index < -0.39 is 18.4 Å². The van der Waals surface area contributed by atoms with E-state index in [9.17, 15) is 19.5 Å². The largest absolute Gasteiger partial charge is 0.477 e. The van der Waals surface area contributed by atoms with Crippen molar-refractivity contribution in [1.82, 2.24) is 0 Å². The SMILES string of the molecule is CCCCCCCCCCCCCCCCCCCCCCCCCCCCCCCCCCCCCC(=O)OC(COC(=O)CCCCCCCCCCCCCCCCCCCCCCCCCCCC)COC(OCC[N+](C)(C)C)C(=O)O. The van der Waals surface area contributed by atoms with Gasteiger partial charge in [-0.3, -0.25) is 9.59 Å². The van der Waals surface area contributed by atoms with Crippen LogP contribution >= 0.6 is 0 Å². The quantitative estimate of drug-likeness (QED) is 0.0278. The second-order valence-corrected chi connectivity index (χ2v) is 28.0. The Bertz CT molecular complexity index is 1370. The molecule has 0 rings (SSSR count). The van der Waals surface area contributed by atoms with Crippen molar-refractivity contribution in [1.29, 1.82) is 0 Å². The molecule has 0 aliphatic rings. The molecule has 0 fully saturated rings. The molecule has 86 heavy (non-hydrogen) atoms. The number of ether oxygens (including phenoxy) is 4. The van der Waals surface area contributed by atoms with E-state index in [1.807, 2.05) is 21.1 Å². The molecular weight excluding hydrogens is 1070 g/mol. The van der Waals surface area contributed by atoms with Gasteiger partial charge in [-0.05, 0) is 12.8 Å². The Labute approximate surface area is 536 Å². The molecule has 0 aliphatic carbocycles. The average molecular weight is 1220 g/mol. The molecular formula is C77H152NO8+. The van der Waals surface area contributed by atoms with Crippen LogP contribution in [0.4, 0.5) is 0 Å². The molecule has 2 atom stereocenters. The zero-order valence-electron chi connectivity index (χ0n) is 58.8. The van der Waals surface area contributed by atoms with Crippen LogP contribution < -0.4 is 0 Å². The number of likely N-dealkylation sites (N-methyl/N-ethyl adjacent to an activating group) is 1. The van der Waals surface area contributed by atoms with Gasteiger partial charge in [-0.15, -0.1) is 0 Å². The van der Waals surface area contributed by atoms with Crippen LogP contribution in [0.5, 0.6) is 0 Å². The first-order valence-electron chi connectivity index (χ1n) is 38.7. The fourth-order valence-electron chi connectivity index (χ4n) is 12.2. The molecule has 0 amide bonds. The van der Waals surface area contributed by atoms with E-state index in [1.165, 1.54) is 353 Å². The molecule has 9 nitrogen and oxygen atoms in total. The topological polar surface area (TPSA) is 108 Å². The van der Waals surface area contributed by atoms with E-state index in [4.69, 9.17) is 18.9 Å². The molecule has 2 unspecified atom stereocenters. The molecule has 0 aliphatic heterocycles. The van der Waals surface area contributed by atoms with E-state index in [0.29, 0.717) is 17.4 Å². The minimum atomic E-state index is -1.50. The van der Waals surface area contributed by atoms with Crippen molar-refractivity contribution in [2.75, 3.05) is 47.5 Å². The van der Waals surface area contributed by atoms with Crippen molar-refractivity contribution in [3.63, 3.8) is 0 Å². The van der Waals surface area contributed by atoms with E-state index in [2.05, 4.69) is 13.8 Å². The third-order valence-corrected chi connectivity index (χ3v) is 18.1. The number of quaternary nitrogens is 1. The van der Waals surface area contributed by atoms with Crippen LogP contribution in [0.1, 0.15) is 418 Å². The highest BCUT2D eigenvalue weighted by Crippen LogP contribution is 2.20. The number of unbranched alkanes of at least 4 members (excludes halogenated alkanes) is 59. The van der Waals surface area contributed by atoms with Crippen LogP contribution in [0.2, 0.25) is 0 Å². The van der Waals surface area contributed by atoms with Gasteiger partial charge in [0.1, 0.15) is 13.2 Å². The fourth-order valence-corrected chi connectivity index (χ4v) is 12.2. The van der Waals surface area contributed by atoms with Crippen molar-refractivity contribution >= 4 is 17.9 Å². The molecule has 0 aromatic carbocycles. The first-order valence-corrected chi connectivity index (χ1v) is 38.7. The third-order valence-electron chi connectivity index (χ3n) is 18.1. The highest BCUT2D eigenvalue weighted by Gasteiger charge is 2.25. The Morgan fingerprint density at radius 2 is 0.523 bits per heavy atom. The molecule has 0 bridgehead atoms. The van der Waals surface area contributed by atoms with Crippen LogP contribution in [0.3, 0.4) is 0 Å². The summed E-state index contributed by atoms with van der Waals surface area (Å²) >= 11 is 0. The highest BCUT2D eigenvalue weighted by molar-refractivity contribution is 5.71. The standard InChI is InChI=1S/C77H151NO8/c1-6-8-10-12-14-16-18-20-22-24-26-28-30-32-34-35-36-37-38-39-40-41-42-44-46-48-50-52-54-56-58-60-62-64-66-68-75(80)86-73(72-85-77(76(81)82)83-70-69-78(3,4)5)71-84-74(79)67-65-63-61-59-57-55-53-51-49-47-45-43-33-31-29-27-25-23-21-19-17-15-13-11-9-7-2/h73,77H,6-72H2,1-5H3/p+1. The van der Waals surface area contributed by atoms with Crippen molar-refractivity contribution in [3.05, 3.63) is 0 Å². The van der Waals surface area contributed by atoms with Crippen molar-refractivity contribution in [2.45, 2.75) is 431 Å². The Kier molecular flexibility index (Phi) is 67.8. The van der Waals surface area contributed by atoms with E-state index in [1.54, 1.807) is 0 Å². The number of carbonyl (C=O) groups is 3. The van der Waals surface area contributed by atoms with Gasteiger partial charge in [-0.1, -0.05) is 393 Å². The number of aliphatic carboxylic acids is 1. The second-order valence-electron chi connectivity index (χ2n) is 28.0. The summed E-state index contributed by atoms with van der Waals surface area (Å²) in [6.07, 6.45) is 81.2. The Morgan fingerprint density at radius 1 is 0.302 bits per heavy atom. The summed E-state index contributed by atoms with van der Waals surface area (Å²) in [6.45, 7) is 4.98. The maximum Gasteiger partial charge on any atom is 0.361 e. The van der Waals surface area contributed by atoms with Gasteiger partial charge in [0.2, 0.25) is 0 Å². The molecule has 0 radical (unpaired) electrons. The number of esters is 2. The normalized spacial score (nSPS) is 12.5. The minimum Gasteiger partial charge on any atom is -0.477 e. The number of carboxylic acids is 1. The van der Waals surface area contributed by atoms with Gasteiger partial charge in [0.05, 0.1) is 34.4 Å². The average Bonchev–Trinajstić information content (AvgIpc) is 3.64. The predicted molar refractivity (Wildman–Crippen MR) is 369 cm³/mol. The lowest BCUT2D eigenvalue weighted by molar-refractivity contribution is -0.870. The summed E-state index contributed by atoms with van der Waals surface area (Å²) < 4.78 is 23.1. The monoisotopic (exact) mass is 1220 g/mol. The number of hydrogen-bond donors (Lipinski definition) is 1. The zero-order valence-corrected chi connectivity index (χ0v) is 58.8. The van der Waals surface area contributed by atoms with Gasteiger partial charge in [-0.25, -0.2) is 4.79 Å². The molecule has 0 aromatic rings. The van der Waals surface area contributed by atoms with E-state index in [-0.39, 0.29) is 38.2 Å². The van der Waals surface area contributed by atoms with Gasteiger partial charge in [0.15, 0.2) is 6.10 Å². The number of rotatable bonds is 74. The number of carbonyl (C=O) groups excluding carboxylic acids is 2. The smallest absolute Gasteiger partial charge is 0.361 e. The van der Waals surface area contributed by atoms with Crippen LogP contribution in [0.25, 0.3) is 0 Å². The Hall–Kier alpha value is -1.71. The maximum absolute atomic E-state index is 13.0. The molecule has 512 valence electrons. The summed E-state index contributed by atoms with van der Waals surface area (Å²) in [5.74, 6) is -1.96. The molecule has 1 N–H and O–H groups in total. The molecule has 0 saturated heterocycles. The molecule has 0 heterocycles. The lowest BCUT2D eigenvalue weighted by Crippen LogP contribution is -2.40. The maximum atomic E-state index is 13.0. The number of carboxylic acid groups (broad SMARTS) is 1. The van der Waals surface area contributed by atoms with Crippen LogP contribution in [-0.4, -0.2) is 87.4 Å². The lowest BCUT2D eigenvalue weighted by Gasteiger charge is -2.25. The predicted octanol–water partition coefficient (Wildman–Crippen LogP) is 24.2. The van der Waals surface area contributed by atoms with Gasteiger partial charge in [0.25, 0.3) is 6.29 Å². The van der Waals surface area contributed by atoms with Crippen molar-refractivity contribution in [3.8, 4) is 0 Å². The first-order chi connectivity index (χ1) is 42.1. The van der Waals surface area contributed by atoms with Gasteiger partial charge in [-0.2, -0.15) is 0 Å². The zero-order chi connectivity index (χ0) is 62.6. The van der Waals surface area contributed by atoms with Crippen molar-refractivity contribution < 1.29 is 42.9 Å². The Morgan fingerprint density at radius 3 is 0.744 bits per heavy atom. The highest BCUT2D eigenvalue weighted by atomic mass is 16.7. The van der Waals surface area contributed by atoms with E-state index in [0.717, 1.165) is 38.5 Å². The molecule has 0 saturated carbocycles. The number of nitrogens with zero attached hydrogens (tertiary/aromatic N) is 1. The van der Waals surface area contributed by atoms with Crippen LogP contribution in [-0.2, 0) is 33.3 Å². The lowest BCUT2D eigenvalue weighted by atomic mass is 10.0. The van der Waals surface area contributed by atoms with E-state index >= 15 is 0 Å². The van der Waals surface area contributed by atoms with Gasteiger partial charge < -0.3 is 28.5 Å². The number of hydrogen-bond acceptors (Lipinski definition) is 7. The summed E-state index contributed by atoms with van der Waals surface area (Å²) in [5, 5.41) is 9.76. The third kappa shape index (κ3) is 69.8. The molecule has 0 spiro atoms. The summed E-state index contributed by atoms with van der Waals surface area (Å²) in [5.41, 5.74) is 0. The molecule has 9 heteroatoms. The summed E-state index contributed by atoms with van der Waals surface area (Å²) in [4.78, 5) is 37.7. The minimum absolute atomic E-state index is 0.172. The van der Waals surface area contributed by atoms with Crippen LogP contribution in [0, 0.1) is 0 Å². The summed E-state index contributed by atoms with van der Waals surface area (Å²) in [7, 11) is 6.00. The summed E-state index contributed by atoms with van der Waals surface area (Å²) in [6, 6.07) is 0. The molecule has 0 aromatic heterocycles. The van der Waals surface area contributed by atoms with Crippen molar-refractivity contribution in [2.24, 2.45) is 0 Å². The second kappa shape index (κ2) is 69.2. The first kappa shape index (κ1) is 84.3. The van der Waals surface area contributed by atoms with Crippen LogP contribution in [0.15, 0.2) is 0 Å². The Balaban J connectivity index is 3.96.